The van der Waals surface area contributed by atoms with Gasteiger partial charge in [0.15, 0.2) is 5.82 Å². The van der Waals surface area contributed by atoms with Gasteiger partial charge in [-0.1, -0.05) is 121 Å². The van der Waals surface area contributed by atoms with Crippen LogP contribution in [0.5, 0.6) is 0 Å². The van der Waals surface area contributed by atoms with Crippen molar-refractivity contribution in [3.05, 3.63) is 175 Å². The summed E-state index contributed by atoms with van der Waals surface area (Å²) in [7, 11) is 0. The zero-order valence-electron chi connectivity index (χ0n) is 28.4. The molecule has 3 heterocycles. The fourth-order valence-electron chi connectivity index (χ4n) is 8.41. The number of aromatic nitrogens is 4. The molecular weight excluding hydrogens is 633 g/mol. The van der Waals surface area contributed by atoms with Gasteiger partial charge in [-0.25, -0.2) is 9.97 Å². The van der Waals surface area contributed by atoms with Crippen molar-refractivity contribution in [3.8, 4) is 34.0 Å². The zero-order chi connectivity index (χ0) is 34.2. The van der Waals surface area contributed by atoms with Gasteiger partial charge in [-0.3, -0.25) is 0 Å². The number of aryl methyl sites for hydroxylation is 1. The second-order valence-corrected chi connectivity index (χ2v) is 13.7. The van der Waals surface area contributed by atoms with Crippen molar-refractivity contribution in [3.63, 3.8) is 0 Å². The first-order valence-corrected chi connectivity index (χ1v) is 18.0. The van der Waals surface area contributed by atoms with Gasteiger partial charge in [0.1, 0.15) is 0 Å². The normalized spacial score (nSPS) is 12.8. The van der Waals surface area contributed by atoms with E-state index in [1.54, 1.807) is 0 Å². The maximum absolute atomic E-state index is 5.23. The number of fused-ring (bicyclic) bond motifs is 9. The van der Waals surface area contributed by atoms with E-state index in [0.29, 0.717) is 0 Å². The Hall–Kier alpha value is -6.78. The summed E-state index contributed by atoms with van der Waals surface area (Å²) in [6.45, 7) is 0. The minimum absolute atomic E-state index is 0.758. The zero-order valence-corrected chi connectivity index (χ0v) is 28.4. The van der Waals surface area contributed by atoms with Crippen LogP contribution < -0.4 is 0 Å². The summed E-state index contributed by atoms with van der Waals surface area (Å²) in [5, 5.41) is 7.52. The Bertz CT molecular complexity index is 3060. The Balaban J connectivity index is 1.19. The molecule has 0 amide bonds. The average molecular weight is 665 g/mol. The second kappa shape index (κ2) is 11.4. The molecule has 1 aliphatic carbocycles. The molecule has 10 aromatic rings. The third kappa shape index (κ3) is 4.34. The summed E-state index contributed by atoms with van der Waals surface area (Å²) in [6, 6.07) is 56.8. The lowest BCUT2D eigenvalue weighted by atomic mass is 9.97. The van der Waals surface area contributed by atoms with Gasteiger partial charge >= 0.3 is 0 Å². The van der Waals surface area contributed by atoms with Crippen LogP contribution in [0, 0.1) is 0 Å². The standard InChI is InChI=1S/C48H32N4/c1-3-15-32(16-4-1)47-38-23-9-11-24-41(38)49-48(50-47)33-17-13-20-35(28-33)52-42-25-12-10-22-37(42)39-29-40-45(30-44(39)52)51(34-18-5-2-6-19-34)43-27-26-31-14-7-8-21-36(31)46(40)43/h1-10,12-23,25-30H,11,24H2. The monoisotopic (exact) mass is 664 g/mol. The highest BCUT2D eigenvalue weighted by Gasteiger charge is 2.21. The van der Waals surface area contributed by atoms with E-state index in [2.05, 4.69) is 179 Å². The average Bonchev–Trinajstić information content (AvgIpc) is 3.72. The molecule has 1 aliphatic rings. The molecule has 0 aliphatic heterocycles. The Morgan fingerprint density at radius 3 is 2.06 bits per heavy atom. The van der Waals surface area contributed by atoms with Crippen LogP contribution in [0.15, 0.2) is 164 Å². The van der Waals surface area contributed by atoms with Crippen LogP contribution in [0.4, 0.5) is 0 Å². The largest absolute Gasteiger partial charge is 0.309 e. The third-order valence-electron chi connectivity index (χ3n) is 10.7. The Morgan fingerprint density at radius 1 is 0.462 bits per heavy atom. The van der Waals surface area contributed by atoms with E-state index in [1.807, 2.05) is 0 Å². The molecule has 244 valence electrons. The molecule has 7 aromatic carbocycles. The summed E-state index contributed by atoms with van der Waals surface area (Å²) in [4.78, 5) is 10.4. The lowest BCUT2D eigenvalue weighted by Gasteiger charge is -2.16. The number of para-hydroxylation sites is 2. The minimum atomic E-state index is 0.758. The summed E-state index contributed by atoms with van der Waals surface area (Å²) in [6.07, 6.45) is 6.33. The van der Waals surface area contributed by atoms with Crippen molar-refractivity contribution in [1.29, 1.82) is 0 Å². The van der Waals surface area contributed by atoms with Crippen LogP contribution in [0.25, 0.3) is 94.5 Å². The summed E-state index contributed by atoms with van der Waals surface area (Å²) < 4.78 is 4.84. The van der Waals surface area contributed by atoms with Crippen molar-refractivity contribution in [2.45, 2.75) is 12.8 Å². The summed E-state index contributed by atoms with van der Waals surface area (Å²) in [5.41, 5.74) is 12.3. The lowest BCUT2D eigenvalue weighted by Crippen LogP contribution is -2.05. The third-order valence-corrected chi connectivity index (χ3v) is 10.7. The van der Waals surface area contributed by atoms with Crippen molar-refractivity contribution < 1.29 is 0 Å². The highest BCUT2D eigenvalue weighted by Crippen LogP contribution is 2.42. The SMILES string of the molecule is C1=Cc2c(nc(-c3cccc(-n4c5ccccc5c5cc6c7c8ccccc8ccc7n(-c7ccccc7)c6cc54)c3)nc2-c2ccccc2)CC1. The molecule has 4 heteroatoms. The van der Waals surface area contributed by atoms with Gasteiger partial charge < -0.3 is 9.13 Å². The van der Waals surface area contributed by atoms with Gasteiger partial charge in [-0.05, 0) is 72.1 Å². The number of allylic oxidation sites excluding steroid dienone is 1. The molecule has 0 bridgehead atoms. The van der Waals surface area contributed by atoms with E-state index in [0.717, 1.165) is 63.6 Å². The van der Waals surface area contributed by atoms with Crippen LogP contribution in [0.1, 0.15) is 17.7 Å². The van der Waals surface area contributed by atoms with E-state index >= 15 is 0 Å². The van der Waals surface area contributed by atoms with Crippen LogP contribution in [-0.2, 0) is 6.42 Å². The molecule has 0 atom stereocenters. The molecule has 0 fully saturated rings. The van der Waals surface area contributed by atoms with Gasteiger partial charge in [0.25, 0.3) is 0 Å². The molecule has 3 aromatic heterocycles. The van der Waals surface area contributed by atoms with Gasteiger partial charge in [0.2, 0.25) is 0 Å². The van der Waals surface area contributed by atoms with E-state index in [-0.39, 0.29) is 0 Å². The van der Waals surface area contributed by atoms with Crippen molar-refractivity contribution in [1.82, 2.24) is 19.1 Å². The van der Waals surface area contributed by atoms with Gasteiger partial charge in [-0.15, -0.1) is 0 Å². The molecular formula is C48H32N4. The van der Waals surface area contributed by atoms with E-state index in [4.69, 9.17) is 9.97 Å². The molecule has 0 unspecified atom stereocenters. The molecule has 11 rings (SSSR count). The van der Waals surface area contributed by atoms with Crippen LogP contribution in [-0.4, -0.2) is 19.1 Å². The molecule has 0 radical (unpaired) electrons. The second-order valence-electron chi connectivity index (χ2n) is 13.7. The van der Waals surface area contributed by atoms with Crippen LogP contribution in [0.3, 0.4) is 0 Å². The topological polar surface area (TPSA) is 35.6 Å². The number of hydrogen-bond donors (Lipinski definition) is 0. The molecule has 0 N–H and O–H groups in total. The highest BCUT2D eigenvalue weighted by atomic mass is 15.0. The van der Waals surface area contributed by atoms with Gasteiger partial charge in [-0.2, -0.15) is 0 Å². The Morgan fingerprint density at radius 2 is 1.17 bits per heavy atom. The molecule has 4 nitrogen and oxygen atoms in total. The number of rotatable bonds is 4. The van der Waals surface area contributed by atoms with Crippen LogP contribution in [0.2, 0.25) is 0 Å². The first-order valence-electron chi connectivity index (χ1n) is 18.0. The number of nitrogens with zero attached hydrogens (tertiary/aromatic N) is 4. The van der Waals surface area contributed by atoms with E-state index < -0.39 is 0 Å². The number of hydrogen-bond acceptors (Lipinski definition) is 2. The predicted octanol–water partition coefficient (Wildman–Crippen LogP) is 12.1. The highest BCUT2D eigenvalue weighted by molar-refractivity contribution is 6.25. The fourth-order valence-corrected chi connectivity index (χ4v) is 8.41. The maximum Gasteiger partial charge on any atom is 0.160 e. The van der Waals surface area contributed by atoms with Gasteiger partial charge in [0.05, 0.1) is 33.5 Å². The Labute approximate surface area is 300 Å². The fraction of sp³-hybridized carbons (Fsp3) is 0.0417. The quantitative estimate of drug-likeness (QED) is 0.188. The summed E-state index contributed by atoms with van der Waals surface area (Å²) >= 11 is 0. The first-order chi connectivity index (χ1) is 25.8. The van der Waals surface area contributed by atoms with Crippen LogP contribution >= 0.6 is 0 Å². The first kappa shape index (κ1) is 29.0. The maximum atomic E-state index is 5.23. The molecule has 0 saturated carbocycles. The Kier molecular flexibility index (Phi) is 6.34. The van der Waals surface area contributed by atoms with Crippen molar-refractivity contribution >= 4 is 60.5 Å². The smallest absolute Gasteiger partial charge is 0.160 e. The lowest BCUT2D eigenvalue weighted by molar-refractivity contribution is 0.914. The number of benzene rings is 7. The van der Waals surface area contributed by atoms with E-state index in [1.165, 1.54) is 48.9 Å². The minimum Gasteiger partial charge on any atom is -0.309 e. The van der Waals surface area contributed by atoms with Gasteiger partial charge in [0, 0.05) is 49.6 Å². The predicted molar refractivity (Wildman–Crippen MR) is 216 cm³/mol. The molecule has 0 saturated heterocycles. The summed E-state index contributed by atoms with van der Waals surface area (Å²) in [5.74, 6) is 0.758. The van der Waals surface area contributed by atoms with E-state index in [9.17, 15) is 0 Å². The van der Waals surface area contributed by atoms with Crippen molar-refractivity contribution in [2.24, 2.45) is 0 Å². The molecule has 0 spiro atoms. The molecule has 52 heavy (non-hydrogen) atoms. The van der Waals surface area contributed by atoms with Crippen molar-refractivity contribution in [2.75, 3.05) is 0 Å².